The van der Waals surface area contributed by atoms with Gasteiger partial charge in [0.05, 0.1) is 34.7 Å². The second kappa shape index (κ2) is 29.4. The van der Waals surface area contributed by atoms with Gasteiger partial charge in [0.2, 0.25) is 11.8 Å². The third kappa shape index (κ3) is 15.9. The van der Waals surface area contributed by atoms with Crippen LogP contribution in [0.2, 0.25) is 5.02 Å². The van der Waals surface area contributed by atoms with Crippen LogP contribution >= 0.6 is 11.6 Å². The van der Waals surface area contributed by atoms with E-state index in [0.29, 0.717) is 73.9 Å². The first kappa shape index (κ1) is 66.1. The Morgan fingerprint density at radius 1 is 0.819 bits per heavy atom. The van der Waals surface area contributed by atoms with Crippen molar-refractivity contribution in [3.63, 3.8) is 0 Å². The first-order valence-corrected chi connectivity index (χ1v) is 35.4. The standard InChI is InChI=1S/C71H86ClN11O10S/c1-71(2)28-26-51(59(43-71)49-14-16-52(72)17-15-49)46-79-33-37-81(38-34-79)54-20-22-58(65(41-54)93-55-40-50-27-29-73-67(50)75-45-55)68(85)77-94(90,91)56-21-23-61(63(42-56)83(88)89)74-44-48-12-18-53(19-13-48)80-35-31-78(32-36-80)30-7-5-3-4-6-8-39-92-64-11-9-10-57-60(64)47-82(70(57)87)62-24-25-66(84)76-69(62)86/h9-11,14-17,20-23,27,29,40-42,45,48,53,62,74H,3-8,12-13,18-19,24-26,28,30-39,43-44,46-47H2,1-2H3,(H,73,75)(H,77,85)(H,76,84,86)/t48-,53+,62?. The number of amides is 4. The summed E-state index contributed by atoms with van der Waals surface area (Å²) in [4.78, 5) is 82.1. The van der Waals surface area contributed by atoms with Gasteiger partial charge in [0.1, 0.15) is 34.6 Å². The van der Waals surface area contributed by atoms with Crippen LogP contribution in [-0.4, -0.2) is 157 Å². The molecule has 4 fully saturated rings. The van der Waals surface area contributed by atoms with Gasteiger partial charge in [-0.2, -0.15) is 0 Å². The average molecular weight is 1320 g/mol. The summed E-state index contributed by atoms with van der Waals surface area (Å²) in [5.74, 6) is -0.427. The molecule has 2 aromatic heterocycles. The van der Waals surface area contributed by atoms with Gasteiger partial charge in [-0.25, -0.2) is 18.1 Å². The number of anilines is 2. The molecule has 4 amide bonds. The number of fused-ring (bicyclic) bond motifs is 2. The predicted octanol–water partition coefficient (Wildman–Crippen LogP) is 11.6. The van der Waals surface area contributed by atoms with Gasteiger partial charge in [0.25, 0.3) is 27.5 Å². The fourth-order valence-electron chi connectivity index (χ4n) is 14.5. The van der Waals surface area contributed by atoms with Gasteiger partial charge in [0, 0.05) is 123 Å². The lowest BCUT2D eigenvalue weighted by Crippen LogP contribution is -2.52. The summed E-state index contributed by atoms with van der Waals surface area (Å²) in [6, 6.07) is 25.9. The van der Waals surface area contributed by atoms with Gasteiger partial charge in [-0.3, -0.25) is 44.4 Å². The van der Waals surface area contributed by atoms with Crippen molar-refractivity contribution >= 4 is 78.9 Å². The maximum Gasteiger partial charge on any atom is 0.293 e. The number of piperazine rings is 2. The van der Waals surface area contributed by atoms with Crippen LogP contribution in [0.15, 0.2) is 114 Å². The molecule has 4 aromatic carbocycles. The van der Waals surface area contributed by atoms with Gasteiger partial charge in [-0.15, -0.1) is 0 Å². The fraction of sp³-hybridized carbons (Fsp3) is 0.479. The number of hydrogen-bond acceptors (Lipinski definition) is 16. The van der Waals surface area contributed by atoms with Crippen LogP contribution in [0, 0.1) is 21.4 Å². The summed E-state index contributed by atoms with van der Waals surface area (Å²) in [5, 5.41) is 19.7. The summed E-state index contributed by atoms with van der Waals surface area (Å²) < 4.78 is 42.8. The molecule has 4 N–H and O–H groups in total. The number of aromatic nitrogens is 2. The Morgan fingerprint density at radius 2 is 1.57 bits per heavy atom. The Hall–Kier alpha value is -7.89. The van der Waals surface area contributed by atoms with E-state index in [1.807, 2.05) is 30.3 Å². The Bertz CT molecular complexity index is 3910. The molecule has 2 aliphatic carbocycles. The number of nitrogens with zero attached hydrogens (tertiary/aromatic N) is 7. The molecule has 12 rings (SSSR count). The van der Waals surface area contributed by atoms with Gasteiger partial charge >= 0.3 is 0 Å². The van der Waals surface area contributed by atoms with Crippen molar-refractivity contribution in [1.82, 2.24) is 39.6 Å². The number of ether oxygens (including phenoxy) is 2. The number of nitro groups is 1. The number of aromatic amines is 1. The molecule has 4 aliphatic heterocycles. The summed E-state index contributed by atoms with van der Waals surface area (Å²) >= 11 is 6.28. The summed E-state index contributed by atoms with van der Waals surface area (Å²) in [5.41, 5.74) is 6.90. The Morgan fingerprint density at radius 3 is 2.34 bits per heavy atom. The summed E-state index contributed by atoms with van der Waals surface area (Å²) in [7, 11) is -4.61. The van der Waals surface area contributed by atoms with Crippen LogP contribution in [0.1, 0.15) is 142 Å². The molecule has 0 radical (unpaired) electrons. The van der Waals surface area contributed by atoms with E-state index >= 15 is 0 Å². The number of allylic oxidation sites excluding steroid dienone is 1. The number of nitro benzene ring substituents is 1. The molecule has 0 bridgehead atoms. The van der Waals surface area contributed by atoms with Crippen molar-refractivity contribution in [2.75, 3.05) is 88.8 Å². The number of hydrogen-bond donors (Lipinski definition) is 4. The molecule has 1 unspecified atom stereocenters. The number of halogens is 1. The molecule has 0 spiro atoms. The number of nitrogens with one attached hydrogen (secondary N) is 4. The van der Waals surface area contributed by atoms with Gasteiger partial charge in [0.15, 0.2) is 0 Å². The topological polar surface area (TPSA) is 245 Å². The maximum absolute atomic E-state index is 14.2. The Balaban J connectivity index is 0.577. The number of imide groups is 1. The van der Waals surface area contributed by atoms with E-state index in [-0.39, 0.29) is 40.7 Å². The van der Waals surface area contributed by atoms with Crippen molar-refractivity contribution in [2.45, 2.75) is 134 Å². The van der Waals surface area contributed by atoms with Crippen molar-refractivity contribution in [1.29, 1.82) is 0 Å². The molecule has 6 heterocycles. The third-order valence-electron chi connectivity index (χ3n) is 20.0. The average Bonchev–Trinajstić information content (AvgIpc) is 1.70. The fourth-order valence-corrected chi connectivity index (χ4v) is 15.6. The number of unbranched alkanes of at least 4 members (excludes halogenated alkanes) is 5. The third-order valence-corrected chi connectivity index (χ3v) is 21.6. The van der Waals surface area contributed by atoms with E-state index in [4.69, 9.17) is 21.1 Å². The zero-order valence-corrected chi connectivity index (χ0v) is 55.4. The Kier molecular flexibility index (Phi) is 20.7. The number of rotatable bonds is 25. The number of pyridine rings is 1. The largest absolute Gasteiger partial charge is 0.493 e. The molecule has 23 heteroatoms. The van der Waals surface area contributed by atoms with Crippen molar-refractivity contribution in [2.24, 2.45) is 11.3 Å². The van der Waals surface area contributed by atoms with Crippen LogP contribution in [0.25, 0.3) is 16.6 Å². The minimum Gasteiger partial charge on any atom is -0.493 e. The highest BCUT2D eigenvalue weighted by Gasteiger charge is 2.41. The molecule has 94 heavy (non-hydrogen) atoms. The molecule has 6 aromatic rings. The highest BCUT2D eigenvalue weighted by molar-refractivity contribution is 7.90. The molecule has 6 aliphatic rings. The summed E-state index contributed by atoms with van der Waals surface area (Å²) in [6.45, 7) is 15.2. The highest BCUT2D eigenvalue weighted by Crippen LogP contribution is 2.44. The molecular formula is C71H86ClN11O10S. The van der Waals surface area contributed by atoms with Gasteiger partial charge in [-0.1, -0.05) is 74.9 Å². The molecule has 498 valence electrons. The number of H-pyrrole nitrogens is 1. The van der Waals surface area contributed by atoms with Gasteiger partial charge < -0.3 is 34.5 Å². The van der Waals surface area contributed by atoms with Crippen molar-refractivity contribution in [3.8, 4) is 17.2 Å². The smallest absolute Gasteiger partial charge is 0.293 e. The Labute approximate surface area is 555 Å². The normalized spacial score (nSPS) is 20.7. The quantitative estimate of drug-likeness (QED) is 0.0180. The minimum atomic E-state index is -4.61. The first-order valence-electron chi connectivity index (χ1n) is 33.5. The van der Waals surface area contributed by atoms with Crippen LogP contribution in [0.5, 0.6) is 17.2 Å². The number of carbonyl (C=O) groups excluding carboxylic acids is 4. The number of carbonyl (C=O) groups is 4. The zero-order chi connectivity index (χ0) is 65.5. The SMILES string of the molecule is CC1(C)CCC(CN2CCN(c3ccc(C(=O)NS(=O)(=O)c4ccc(NC[C@H]5CC[C@@H](N6CCN(CCCCCCCCOc7cccc8c7CN(C7CCC(=O)NC7=O)C8=O)CC6)CC5)c([N+](=O)[O-])c4)c(Oc4cnc5[nH]ccc5c4)c3)CC2)=C(c2ccc(Cl)cc2)C1. The molecule has 3 saturated heterocycles. The lowest BCUT2D eigenvalue weighted by molar-refractivity contribution is -0.384. The summed E-state index contributed by atoms with van der Waals surface area (Å²) in [6.07, 6.45) is 17.7. The highest BCUT2D eigenvalue weighted by atomic mass is 35.5. The van der Waals surface area contributed by atoms with Crippen LogP contribution in [0.4, 0.5) is 17.1 Å². The number of piperidine rings is 1. The molecule has 1 atom stereocenters. The van der Waals surface area contributed by atoms with Crippen LogP contribution < -0.4 is 29.7 Å². The van der Waals surface area contributed by atoms with Crippen LogP contribution in [-0.2, 0) is 26.2 Å². The van der Waals surface area contributed by atoms with E-state index in [1.165, 1.54) is 54.3 Å². The van der Waals surface area contributed by atoms with E-state index in [1.54, 1.807) is 41.4 Å². The van der Waals surface area contributed by atoms with Crippen molar-refractivity contribution < 1.29 is 42.0 Å². The minimum absolute atomic E-state index is 0.0400. The van der Waals surface area contributed by atoms with E-state index in [2.05, 4.69) is 70.9 Å². The first-order chi connectivity index (χ1) is 45.4. The van der Waals surface area contributed by atoms with E-state index in [0.717, 1.165) is 144 Å². The molecule has 1 saturated carbocycles. The zero-order valence-electron chi connectivity index (χ0n) is 53.8. The maximum atomic E-state index is 14.2. The lowest BCUT2D eigenvalue weighted by atomic mass is 9.72. The predicted molar refractivity (Wildman–Crippen MR) is 363 cm³/mol. The second-order valence-electron chi connectivity index (χ2n) is 27.0. The molecular weight excluding hydrogens is 1230 g/mol. The monoisotopic (exact) mass is 1320 g/mol. The van der Waals surface area contributed by atoms with Crippen LogP contribution in [0.3, 0.4) is 0 Å². The number of sulfonamides is 1. The molecule has 21 nitrogen and oxygen atoms in total. The van der Waals surface area contributed by atoms with Crippen molar-refractivity contribution in [3.05, 3.63) is 146 Å². The lowest BCUT2D eigenvalue weighted by Gasteiger charge is -2.42. The van der Waals surface area contributed by atoms with Gasteiger partial charge in [-0.05, 0) is 154 Å². The number of benzene rings is 4. The van der Waals surface area contributed by atoms with E-state index < -0.39 is 43.4 Å². The second-order valence-corrected chi connectivity index (χ2v) is 29.1. The van der Waals surface area contributed by atoms with E-state index in [9.17, 15) is 37.7 Å².